The second kappa shape index (κ2) is 3.22. The summed E-state index contributed by atoms with van der Waals surface area (Å²) < 4.78 is 0. The summed E-state index contributed by atoms with van der Waals surface area (Å²) in [5.74, 6) is 1.45. The van der Waals surface area contributed by atoms with Crippen molar-refractivity contribution in [2.24, 2.45) is 17.3 Å². The molecule has 1 nitrogen and oxygen atoms in total. The van der Waals surface area contributed by atoms with Crippen molar-refractivity contribution >= 4 is 5.78 Å². The molecule has 0 bridgehead atoms. The highest BCUT2D eigenvalue weighted by Crippen LogP contribution is 2.48. The third kappa shape index (κ3) is 1.53. The van der Waals surface area contributed by atoms with Crippen LogP contribution in [0, 0.1) is 17.3 Å². The van der Waals surface area contributed by atoms with Gasteiger partial charge in [0.05, 0.1) is 0 Å². The molecule has 1 saturated carbocycles. The average Bonchev–Trinajstić information content (AvgIpc) is 2.12. The molecule has 0 N–H and O–H groups in total. The van der Waals surface area contributed by atoms with Crippen molar-refractivity contribution in [2.75, 3.05) is 0 Å². The van der Waals surface area contributed by atoms with E-state index in [0.29, 0.717) is 23.0 Å². The minimum Gasteiger partial charge on any atom is -0.299 e. The van der Waals surface area contributed by atoms with Crippen LogP contribution in [0.1, 0.15) is 46.5 Å². The quantitative estimate of drug-likeness (QED) is 0.538. The van der Waals surface area contributed by atoms with Crippen molar-refractivity contribution in [3.8, 4) is 0 Å². The van der Waals surface area contributed by atoms with Crippen molar-refractivity contribution in [3.05, 3.63) is 11.6 Å². The molecule has 1 heteroatoms. The fraction of sp³-hybridized carbons (Fsp3) is 0.769. The fourth-order valence-corrected chi connectivity index (χ4v) is 3.06. The lowest BCUT2D eigenvalue weighted by molar-refractivity contribution is -0.131. The van der Waals surface area contributed by atoms with Gasteiger partial charge in [-0.3, -0.25) is 4.79 Å². The molecular formula is C13H20O. The molecule has 2 aliphatic rings. The molecule has 0 aromatic carbocycles. The van der Waals surface area contributed by atoms with Gasteiger partial charge in [-0.15, -0.1) is 0 Å². The zero-order valence-corrected chi connectivity index (χ0v) is 9.47. The highest BCUT2D eigenvalue weighted by molar-refractivity contribution is 5.82. The number of hydrogen-bond acceptors (Lipinski definition) is 1. The Morgan fingerprint density at radius 1 is 1.43 bits per heavy atom. The second-order valence-corrected chi connectivity index (χ2v) is 5.66. The first-order chi connectivity index (χ1) is 6.50. The normalized spacial score (nSPS) is 36.2. The maximum Gasteiger partial charge on any atom is 0.136 e. The summed E-state index contributed by atoms with van der Waals surface area (Å²) in [7, 11) is 0. The molecule has 0 spiro atoms. The maximum absolute atomic E-state index is 11.8. The van der Waals surface area contributed by atoms with Gasteiger partial charge < -0.3 is 0 Å². The van der Waals surface area contributed by atoms with E-state index in [1.54, 1.807) is 0 Å². The maximum atomic E-state index is 11.8. The minimum atomic E-state index is 0.336. The van der Waals surface area contributed by atoms with Crippen LogP contribution in [0.5, 0.6) is 0 Å². The first kappa shape index (κ1) is 9.95. The van der Waals surface area contributed by atoms with Gasteiger partial charge in [0.25, 0.3) is 0 Å². The number of hydrogen-bond donors (Lipinski definition) is 0. The van der Waals surface area contributed by atoms with Gasteiger partial charge in [0.2, 0.25) is 0 Å². The molecule has 14 heavy (non-hydrogen) atoms. The molecule has 2 atom stereocenters. The molecule has 78 valence electrons. The largest absolute Gasteiger partial charge is 0.299 e. The van der Waals surface area contributed by atoms with Crippen LogP contribution in [0.4, 0.5) is 0 Å². The highest BCUT2D eigenvalue weighted by atomic mass is 16.1. The number of carbonyl (C=O) groups excluding carboxylic acids is 1. The Labute approximate surface area is 86.6 Å². The van der Waals surface area contributed by atoms with Crippen molar-refractivity contribution in [1.82, 2.24) is 0 Å². The topological polar surface area (TPSA) is 17.1 Å². The van der Waals surface area contributed by atoms with E-state index in [1.807, 2.05) is 0 Å². The van der Waals surface area contributed by atoms with Gasteiger partial charge in [-0.1, -0.05) is 25.5 Å². The van der Waals surface area contributed by atoms with E-state index < -0.39 is 0 Å². The standard InChI is InChI=1S/C13H20O/c1-9-4-5-10-11(8-9)13(2,3)7-6-12(10)14/h4,10-11H,5-8H2,1-3H3/t10-,11+/m1/s1. The number of ketones is 1. The summed E-state index contributed by atoms with van der Waals surface area (Å²) in [6.45, 7) is 6.86. The van der Waals surface area contributed by atoms with Gasteiger partial charge in [0.15, 0.2) is 0 Å². The van der Waals surface area contributed by atoms with E-state index in [0.717, 1.165) is 25.7 Å². The molecule has 0 saturated heterocycles. The van der Waals surface area contributed by atoms with E-state index in [1.165, 1.54) is 5.57 Å². The van der Waals surface area contributed by atoms with Gasteiger partial charge in [0, 0.05) is 12.3 Å². The Kier molecular flexibility index (Phi) is 2.29. The first-order valence-corrected chi connectivity index (χ1v) is 5.69. The van der Waals surface area contributed by atoms with Crippen molar-refractivity contribution in [1.29, 1.82) is 0 Å². The minimum absolute atomic E-state index is 0.336. The Bertz CT molecular complexity index is 286. The average molecular weight is 192 g/mol. The van der Waals surface area contributed by atoms with Crippen LogP contribution in [-0.4, -0.2) is 5.78 Å². The molecule has 0 radical (unpaired) electrons. The molecule has 2 rings (SSSR count). The number of fused-ring (bicyclic) bond motifs is 1. The van der Waals surface area contributed by atoms with Crippen LogP contribution >= 0.6 is 0 Å². The third-order valence-electron chi connectivity index (χ3n) is 4.18. The van der Waals surface area contributed by atoms with Crippen LogP contribution in [0.2, 0.25) is 0 Å². The lowest BCUT2D eigenvalue weighted by Crippen LogP contribution is -2.41. The van der Waals surface area contributed by atoms with E-state index >= 15 is 0 Å². The molecule has 1 fully saturated rings. The predicted molar refractivity (Wildman–Crippen MR) is 58.0 cm³/mol. The summed E-state index contributed by atoms with van der Waals surface area (Å²) in [6.07, 6.45) is 6.30. The molecule has 0 amide bonds. The van der Waals surface area contributed by atoms with E-state index in [4.69, 9.17) is 0 Å². The Hall–Kier alpha value is -0.590. The Balaban J connectivity index is 2.27. The Morgan fingerprint density at radius 2 is 2.14 bits per heavy atom. The molecule has 2 aliphatic carbocycles. The van der Waals surface area contributed by atoms with E-state index in [9.17, 15) is 4.79 Å². The van der Waals surface area contributed by atoms with Crippen molar-refractivity contribution in [3.63, 3.8) is 0 Å². The lowest BCUT2D eigenvalue weighted by atomic mass is 9.59. The van der Waals surface area contributed by atoms with Crippen LogP contribution in [0.25, 0.3) is 0 Å². The lowest BCUT2D eigenvalue weighted by Gasteiger charge is -2.45. The number of allylic oxidation sites excluding steroid dienone is 2. The molecule has 0 unspecified atom stereocenters. The van der Waals surface area contributed by atoms with Gasteiger partial charge in [-0.05, 0) is 37.5 Å². The SMILES string of the molecule is CC1=CC[C@H]2C(=O)CCC(C)(C)[C@H]2C1. The van der Waals surface area contributed by atoms with Crippen LogP contribution < -0.4 is 0 Å². The summed E-state index contributed by atoms with van der Waals surface area (Å²) in [4.78, 5) is 11.8. The van der Waals surface area contributed by atoms with Gasteiger partial charge in [0.1, 0.15) is 5.78 Å². The molecule has 0 heterocycles. The number of rotatable bonds is 0. The smallest absolute Gasteiger partial charge is 0.136 e. The monoisotopic (exact) mass is 192 g/mol. The number of carbonyl (C=O) groups is 1. The first-order valence-electron chi connectivity index (χ1n) is 5.69. The van der Waals surface area contributed by atoms with E-state index in [2.05, 4.69) is 26.8 Å². The summed E-state index contributed by atoms with van der Waals surface area (Å²) >= 11 is 0. The van der Waals surface area contributed by atoms with Gasteiger partial charge in [-0.25, -0.2) is 0 Å². The van der Waals surface area contributed by atoms with Crippen LogP contribution in [-0.2, 0) is 4.79 Å². The van der Waals surface area contributed by atoms with Gasteiger partial charge >= 0.3 is 0 Å². The van der Waals surface area contributed by atoms with Crippen molar-refractivity contribution in [2.45, 2.75) is 46.5 Å². The van der Waals surface area contributed by atoms with Crippen LogP contribution in [0.15, 0.2) is 11.6 Å². The van der Waals surface area contributed by atoms with Crippen molar-refractivity contribution < 1.29 is 4.79 Å². The molecular weight excluding hydrogens is 172 g/mol. The molecule has 0 aliphatic heterocycles. The van der Waals surface area contributed by atoms with E-state index in [-0.39, 0.29) is 0 Å². The predicted octanol–water partition coefficient (Wildman–Crippen LogP) is 3.35. The van der Waals surface area contributed by atoms with Gasteiger partial charge in [-0.2, -0.15) is 0 Å². The highest BCUT2D eigenvalue weighted by Gasteiger charge is 2.43. The summed E-state index contributed by atoms with van der Waals surface area (Å²) in [5, 5.41) is 0. The zero-order chi connectivity index (χ0) is 10.3. The number of Topliss-reactive ketones (excluding diaryl/α,β-unsaturated/α-hetero) is 1. The van der Waals surface area contributed by atoms with Crippen LogP contribution in [0.3, 0.4) is 0 Å². The fourth-order valence-electron chi connectivity index (χ4n) is 3.06. The summed E-state index contributed by atoms with van der Waals surface area (Å²) in [5.41, 5.74) is 1.85. The third-order valence-corrected chi connectivity index (χ3v) is 4.18. The zero-order valence-electron chi connectivity index (χ0n) is 9.47. The Morgan fingerprint density at radius 3 is 2.86 bits per heavy atom. The molecule has 0 aromatic heterocycles. The molecule has 0 aromatic rings. The second-order valence-electron chi connectivity index (χ2n) is 5.66. The summed E-state index contributed by atoms with van der Waals surface area (Å²) in [6, 6.07) is 0.